The van der Waals surface area contributed by atoms with Gasteiger partial charge in [0.05, 0.1) is 11.6 Å². The molecule has 1 heterocycles. The van der Waals surface area contributed by atoms with Crippen LogP contribution in [0, 0.1) is 0 Å². The quantitative estimate of drug-likeness (QED) is 0.618. The van der Waals surface area contributed by atoms with Crippen molar-refractivity contribution in [2.75, 3.05) is 19.6 Å². The van der Waals surface area contributed by atoms with Gasteiger partial charge in [0.15, 0.2) is 0 Å². The minimum absolute atomic E-state index is 0.402. The van der Waals surface area contributed by atoms with Crippen molar-refractivity contribution in [3.05, 3.63) is 18.7 Å². The van der Waals surface area contributed by atoms with E-state index in [-0.39, 0.29) is 0 Å². The highest BCUT2D eigenvalue weighted by Gasteiger charge is 2.18. The summed E-state index contributed by atoms with van der Waals surface area (Å²) in [6.07, 6.45) is 7.17. The molecule has 0 saturated carbocycles. The molecule has 0 radical (unpaired) electrons. The molecule has 2 N–H and O–H groups in total. The van der Waals surface area contributed by atoms with E-state index in [2.05, 4.69) is 15.0 Å². The van der Waals surface area contributed by atoms with Gasteiger partial charge in [-0.1, -0.05) is 6.92 Å². The Labute approximate surface area is 115 Å². The number of aryl methyl sites for hydroxylation is 1. The second-order valence-electron chi connectivity index (χ2n) is 4.57. The van der Waals surface area contributed by atoms with Crippen molar-refractivity contribution in [2.45, 2.75) is 38.5 Å². The molecule has 0 aromatic carbocycles. The van der Waals surface area contributed by atoms with E-state index >= 15 is 0 Å². The summed E-state index contributed by atoms with van der Waals surface area (Å²) in [5.41, 5.74) is 0. The monoisotopic (exact) mass is 288 g/mol. The molecule has 0 aliphatic rings. The van der Waals surface area contributed by atoms with Crippen LogP contribution in [0.4, 0.5) is 0 Å². The molecule has 0 fully saturated rings. The summed E-state index contributed by atoms with van der Waals surface area (Å²) >= 11 is 0. The largest absolute Gasteiger partial charge is 0.337 e. The first kappa shape index (κ1) is 16.1. The molecule has 6 nitrogen and oxygen atoms in total. The Kier molecular flexibility index (Phi) is 7.04. The maximum Gasteiger partial charge on any atom is 0.215 e. The first-order chi connectivity index (χ1) is 9.06. The van der Waals surface area contributed by atoms with Crippen molar-refractivity contribution < 1.29 is 8.42 Å². The molecule has 1 aromatic rings. The van der Waals surface area contributed by atoms with Crippen LogP contribution in [0.15, 0.2) is 18.7 Å². The lowest BCUT2D eigenvalue weighted by atomic mass is 10.3. The third kappa shape index (κ3) is 6.17. The number of hydrogen-bond donors (Lipinski definition) is 2. The van der Waals surface area contributed by atoms with Crippen LogP contribution in [-0.2, 0) is 16.6 Å². The predicted molar refractivity (Wildman–Crippen MR) is 76.4 cm³/mol. The molecule has 1 unspecified atom stereocenters. The van der Waals surface area contributed by atoms with Gasteiger partial charge >= 0.3 is 0 Å². The van der Waals surface area contributed by atoms with E-state index in [0.29, 0.717) is 13.1 Å². The number of imidazole rings is 1. The minimum Gasteiger partial charge on any atom is -0.337 e. The molecule has 19 heavy (non-hydrogen) atoms. The third-order valence-electron chi connectivity index (χ3n) is 2.92. The molecule has 1 rings (SSSR count). The van der Waals surface area contributed by atoms with Crippen LogP contribution in [0.1, 0.15) is 26.7 Å². The first-order valence-electron chi connectivity index (χ1n) is 6.71. The zero-order valence-corrected chi connectivity index (χ0v) is 12.5. The Bertz CT molecular complexity index is 431. The van der Waals surface area contributed by atoms with Crippen LogP contribution >= 0.6 is 0 Å². The molecule has 0 aliphatic carbocycles. The van der Waals surface area contributed by atoms with E-state index in [1.807, 2.05) is 17.7 Å². The van der Waals surface area contributed by atoms with Gasteiger partial charge in [0, 0.05) is 32.0 Å². The number of nitrogens with zero attached hydrogens (tertiary/aromatic N) is 2. The molecule has 1 aromatic heterocycles. The zero-order valence-electron chi connectivity index (χ0n) is 11.7. The fourth-order valence-electron chi connectivity index (χ4n) is 1.65. The Morgan fingerprint density at radius 3 is 2.79 bits per heavy atom. The van der Waals surface area contributed by atoms with Crippen LogP contribution in [-0.4, -0.2) is 42.9 Å². The van der Waals surface area contributed by atoms with Gasteiger partial charge < -0.3 is 9.88 Å². The van der Waals surface area contributed by atoms with E-state index < -0.39 is 15.3 Å². The molecule has 7 heteroatoms. The fraction of sp³-hybridized carbons (Fsp3) is 0.750. The third-order valence-corrected chi connectivity index (χ3v) is 4.75. The maximum atomic E-state index is 11.9. The Morgan fingerprint density at radius 2 is 2.16 bits per heavy atom. The van der Waals surface area contributed by atoms with Crippen molar-refractivity contribution in [1.29, 1.82) is 0 Å². The average Bonchev–Trinajstić information content (AvgIpc) is 2.88. The van der Waals surface area contributed by atoms with Crippen LogP contribution in [0.25, 0.3) is 0 Å². The molecule has 110 valence electrons. The van der Waals surface area contributed by atoms with E-state index in [1.54, 1.807) is 19.4 Å². The maximum absolute atomic E-state index is 11.9. The Balaban J connectivity index is 2.16. The number of rotatable bonds is 10. The summed E-state index contributed by atoms with van der Waals surface area (Å²) in [6.45, 7) is 6.31. The highest BCUT2D eigenvalue weighted by molar-refractivity contribution is 7.90. The number of hydrogen-bond acceptors (Lipinski definition) is 4. The second kappa shape index (κ2) is 8.29. The highest BCUT2D eigenvalue weighted by Crippen LogP contribution is 1.99. The standard InChI is InChI=1S/C12H24N4O2S/c1-3-13-10-12(2)19(17,18)15-6-4-5-8-16-9-7-14-11-16/h7,9,11-13,15H,3-6,8,10H2,1-2H3. The second-order valence-corrected chi connectivity index (χ2v) is 6.75. The van der Waals surface area contributed by atoms with Gasteiger partial charge in [-0.3, -0.25) is 0 Å². The van der Waals surface area contributed by atoms with E-state index in [9.17, 15) is 8.42 Å². The Morgan fingerprint density at radius 1 is 1.37 bits per heavy atom. The van der Waals surface area contributed by atoms with Gasteiger partial charge in [0.2, 0.25) is 10.0 Å². The zero-order chi connectivity index (χ0) is 14.1. The van der Waals surface area contributed by atoms with Crippen LogP contribution in [0.3, 0.4) is 0 Å². The van der Waals surface area contributed by atoms with E-state index in [1.165, 1.54) is 0 Å². The number of unbranched alkanes of at least 4 members (excludes halogenated alkanes) is 1. The summed E-state index contributed by atoms with van der Waals surface area (Å²) in [4.78, 5) is 3.96. The van der Waals surface area contributed by atoms with E-state index in [0.717, 1.165) is 25.9 Å². The Hall–Kier alpha value is -0.920. The molecule has 0 aliphatic heterocycles. The van der Waals surface area contributed by atoms with Gasteiger partial charge in [-0.2, -0.15) is 0 Å². The normalized spacial score (nSPS) is 13.6. The summed E-state index contributed by atoms with van der Waals surface area (Å²) < 4.78 is 28.4. The van der Waals surface area contributed by atoms with Gasteiger partial charge in [-0.25, -0.2) is 18.1 Å². The van der Waals surface area contributed by atoms with Gasteiger partial charge in [-0.05, 0) is 26.3 Å². The molecule has 0 bridgehead atoms. The summed E-state index contributed by atoms with van der Waals surface area (Å²) in [7, 11) is -3.20. The van der Waals surface area contributed by atoms with Crippen LogP contribution < -0.4 is 10.0 Å². The molecule has 0 spiro atoms. The van der Waals surface area contributed by atoms with Crippen molar-refractivity contribution in [2.24, 2.45) is 0 Å². The summed E-state index contributed by atoms with van der Waals surface area (Å²) in [5.74, 6) is 0. The van der Waals surface area contributed by atoms with Gasteiger partial charge in [0.1, 0.15) is 0 Å². The van der Waals surface area contributed by atoms with Gasteiger partial charge in [-0.15, -0.1) is 0 Å². The molecular formula is C12H24N4O2S. The fourth-order valence-corrected chi connectivity index (χ4v) is 2.70. The molecule has 1 atom stereocenters. The number of sulfonamides is 1. The lowest BCUT2D eigenvalue weighted by Gasteiger charge is -2.14. The number of aromatic nitrogens is 2. The molecule has 0 amide bonds. The first-order valence-corrected chi connectivity index (χ1v) is 8.26. The lowest BCUT2D eigenvalue weighted by molar-refractivity contribution is 0.549. The van der Waals surface area contributed by atoms with Crippen LogP contribution in [0.2, 0.25) is 0 Å². The van der Waals surface area contributed by atoms with Crippen molar-refractivity contribution in [3.8, 4) is 0 Å². The topological polar surface area (TPSA) is 76.0 Å². The molecular weight excluding hydrogens is 264 g/mol. The van der Waals surface area contributed by atoms with Crippen molar-refractivity contribution in [3.63, 3.8) is 0 Å². The predicted octanol–water partition coefficient (Wildman–Crippen LogP) is 0.581. The van der Waals surface area contributed by atoms with E-state index in [4.69, 9.17) is 0 Å². The highest BCUT2D eigenvalue weighted by atomic mass is 32.2. The molecule has 0 saturated heterocycles. The van der Waals surface area contributed by atoms with Gasteiger partial charge in [0.25, 0.3) is 0 Å². The average molecular weight is 288 g/mol. The minimum atomic E-state index is -3.20. The summed E-state index contributed by atoms with van der Waals surface area (Å²) in [6, 6.07) is 0. The van der Waals surface area contributed by atoms with Crippen molar-refractivity contribution >= 4 is 10.0 Å². The number of nitrogens with one attached hydrogen (secondary N) is 2. The SMILES string of the molecule is CCNCC(C)S(=O)(=O)NCCCCn1ccnc1. The smallest absolute Gasteiger partial charge is 0.215 e. The lowest BCUT2D eigenvalue weighted by Crippen LogP contribution is -2.39. The summed E-state index contributed by atoms with van der Waals surface area (Å²) in [5, 5.41) is 2.64. The van der Waals surface area contributed by atoms with Crippen LogP contribution in [0.5, 0.6) is 0 Å². The van der Waals surface area contributed by atoms with Crippen molar-refractivity contribution in [1.82, 2.24) is 19.6 Å².